The van der Waals surface area contributed by atoms with E-state index < -0.39 is 0 Å². The molecule has 5 N–H and O–H groups in total. The first-order chi connectivity index (χ1) is 13.7. The van der Waals surface area contributed by atoms with Crippen LogP contribution in [0.4, 0.5) is 0 Å². The van der Waals surface area contributed by atoms with E-state index >= 15 is 0 Å². The highest BCUT2D eigenvalue weighted by atomic mass is 15.3. The minimum Gasteiger partial charge on any atom is -0.321 e. The molecule has 0 unspecified atom stereocenters. The lowest BCUT2D eigenvalue weighted by Gasteiger charge is -2.15. The van der Waals surface area contributed by atoms with Crippen LogP contribution < -0.4 is 17.1 Å². The van der Waals surface area contributed by atoms with E-state index in [1.54, 1.807) is 6.20 Å². The molecule has 0 atom stereocenters. The van der Waals surface area contributed by atoms with Gasteiger partial charge in [0.2, 0.25) is 0 Å². The van der Waals surface area contributed by atoms with Crippen molar-refractivity contribution in [1.29, 1.82) is 0 Å². The van der Waals surface area contributed by atoms with Crippen LogP contribution in [0.15, 0.2) is 35.6 Å². The Bertz CT molecular complexity index is 1040. The van der Waals surface area contributed by atoms with Gasteiger partial charge in [-0.1, -0.05) is 18.2 Å². The third-order valence-electron chi connectivity index (χ3n) is 5.89. The van der Waals surface area contributed by atoms with Crippen molar-refractivity contribution in [3.63, 3.8) is 0 Å². The molecular weight excluding hydrogens is 350 g/mol. The van der Waals surface area contributed by atoms with Crippen molar-refractivity contribution >= 4 is 16.9 Å². The summed E-state index contributed by atoms with van der Waals surface area (Å²) in [4.78, 5) is 4.58. The van der Waals surface area contributed by atoms with E-state index in [9.17, 15) is 0 Å². The van der Waals surface area contributed by atoms with Crippen LogP contribution in [0.1, 0.15) is 65.5 Å². The van der Waals surface area contributed by atoms with E-state index in [0.29, 0.717) is 17.7 Å². The molecule has 2 aliphatic rings. The number of nitrogens with one attached hydrogen (secondary N) is 1. The molecular formula is C21H25N7. The summed E-state index contributed by atoms with van der Waals surface area (Å²) in [5, 5.41) is 8.52. The summed E-state index contributed by atoms with van der Waals surface area (Å²) in [5.41, 5.74) is 10.5. The molecule has 7 heteroatoms. The Balaban J connectivity index is 1.62. The number of hydrazone groups is 1. The van der Waals surface area contributed by atoms with Gasteiger partial charge in [-0.3, -0.25) is 9.67 Å². The summed E-state index contributed by atoms with van der Waals surface area (Å²) in [6, 6.07) is 8.84. The molecule has 2 heterocycles. The molecule has 0 bridgehead atoms. The van der Waals surface area contributed by atoms with Crippen LogP contribution in [0, 0.1) is 6.92 Å². The molecule has 2 fully saturated rings. The molecule has 0 spiro atoms. The lowest BCUT2D eigenvalue weighted by atomic mass is 9.95. The quantitative estimate of drug-likeness (QED) is 0.275. The summed E-state index contributed by atoms with van der Waals surface area (Å²) in [6.45, 7) is 2.76. The molecule has 7 nitrogen and oxygen atoms in total. The number of pyridine rings is 1. The first kappa shape index (κ1) is 17.2. The van der Waals surface area contributed by atoms with Crippen LogP contribution in [-0.2, 0) is 6.54 Å². The molecule has 144 valence electrons. The van der Waals surface area contributed by atoms with E-state index in [0.717, 1.165) is 28.8 Å². The largest absolute Gasteiger partial charge is 0.321 e. The maximum absolute atomic E-state index is 5.54. The Morgan fingerprint density at radius 3 is 2.46 bits per heavy atom. The molecule has 2 aromatic heterocycles. The zero-order valence-electron chi connectivity index (χ0n) is 16.0. The van der Waals surface area contributed by atoms with Crippen LogP contribution in [0.2, 0.25) is 0 Å². The lowest BCUT2D eigenvalue weighted by Crippen LogP contribution is -2.32. The van der Waals surface area contributed by atoms with Crippen molar-refractivity contribution in [1.82, 2.24) is 20.2 Å². The number of rotatable bonds is 5. The first-order valence-corrected chi connectivity index (χ1v) is 9.89. The summed E-state index contributed by atoms with van der Waals surface area (Å²) in [6.07, 6.45) is 6.91. The van der Waals surface area contributed by atoms with Crippen molar-refractivity contribution in [2.75, 3.05) is 0 Å². The van der Waals surface area contributed by atoms with Gasteiger partial charge in [-0.2, -0.15) is 10.2 Å². The number of aryl methyl sites for hydroxylation is 1. The number of nitrogens with zero attached hydrogens (tertiary/aromatic N) is 4. The number of hydrogen-bond donors (Lipinski definition) is 3. The van der Waals surface area contributed by atoms with Crippen molar-refractivity contribution in [3.05, 3.63) is 58.4 Å². The number of fused-ring (bicyclic) bond motifs is 1. The SMILES string of the molecule is Cc1nn(Cc2c(C3CC3)cccc2C2CC2)c2cc(/C(=N/N)NN)cnc12. The average Bonchev–Trinajstić information content (AvgIpc) is 3.62. The van der Waals surface area contributed by atoms with Gasteiger partial charge < -0.3 is 11.3 Å². The molecule has 0 amide bonds. The smallest absolute Gasteiger partial charge is 0.168 e. The summed E-state index contributed by atoms with van der Waals surface area (Å²) < 4.78 is 2.07. The highest BCUT2D eigenvalue weighted by Gasteiger charge is 2.32. The maximum Gasteiger partial charge on any atom is 0.168 e. The topological polar surface area (TPSA) is 107 Å². The molecule has 3 aromatic rings. The Hall–Kier alpha value is -2.93. The lowest BCUT2D eigenvalue weighted by molar-refractivity contribution is 0.690. The molecule has 0 saturated heterocycles. The summed E-state index contributed by atoms with van der Waals surface area (Å²) in [5.74, 6) is 12.8. The Morgan fingerprint density at radius 2 is 1.89 bits per heavy atom. The molecule has 2 saturated carbocycles. The van der Waals surface area contributed by atoms with E-state index in [2.05, 4.69) is 38.4 Å². The van der Waals surface area contributed by atoms with Crippen LogP contribution in [0.25, 0.3) is 11.0 Å². The van der Waals surface area contributed by atoms with Crippen LogP contribution >= 0.6 is 0 Å². The van der Waals surface area contributed by atoms with Crippen LogP contribution in [-0.4, -0.2) is 20.6 Å². The van der Waals surface area contributed by atoms with Crippen molar-refractivity contribution in [2.24, 2.45) is 16.8 Å². The normalized spacial score (nSPS) is 17.3. The monoisotopic (exact) mass is 375 g/mol. The number of aromatic nitrogens is 3. The Labute approximate surface area is 163 Å². The van der Waals surface area contributed by atoms with Gasteiger partial charge in [-0.15, -0.1) is 0 Å². The minimum atomic E-state index is 0.400. The predicted molar refractivity (Wildman–Crippen MR) is 110 cm³/mol. The number of benzene rings is 1. The summed E-state index contributed by atoms with van der Waals surface area (Å²) in [7, 11) is 0. The first-order valence-electron chi connectivity index (χ1n) is 9.89. The van der Waals surface area contributed by atoms with E-state index in [1.807, 2.05) is 13.0 Å². The second-order valence-corrected chi connectivity index (χ2v) is 7.92. The predicted octanol–water partition coefficient (Wildman–Crippen LogP) is 2.63. The van der Waals surface area contributed by atoms with Gasteiger partial charge in [0.05, 0.1) is 17.8 Å². The number of hydrazine groups is 1. The van der Waals surface area contributed by atoms with E-state index in [1.165, 1.54) is 42.4 Å². The van der Waals surface area contributed by atoms with Gasteiger partial charge >= 0.3 is 0 Å². The zero-order chi connectivity index (χ0) is 19.3. The number of amidine groups is 1. The average molecular weight is 375 g/mol. The van der Waals surface area contributed by atoms with Gasteiger partial charge in [-0.25, -0.2) is 5.84 Å². The number of nitrogens with two attached hydrogens (primary N) is 2. The molecule has 0 aliphatic heterocycles. The fourth-order valence-corrected chi connectivity index (χ4v) is 4.17. The van der Waals surface area contributed by atoms with Crippen molar-refractivity contribution in [3.8, 4) is 0 Å². The van der Waals surface area contributed by atoms with Gasteiger partial charge in [-0.05, 0) is 67.2 Å². The standard InChI is InChI=1S/C21H25N7/c1-12-20-19(9-15(10-24-20)21(25-22)26-23)28(27-12)11-18-16(13-5-6-13)3-2-4-17(18)14-7-8-14/h2-4,9-10,13-14H,5-8,11,22-23H2,1H3,(H,25,26). The van der Waals surface area contributed by atoms with Crippen molar-refractivity contribution < 1.29 is 0 Å². The fourth-order valence-electron chi connectivity index (χ4n) is 4.17. The van der Waals surface area contributed by atoms with E-state index in [-0.39, 0.29) is 0 Å². The summed E-state index contributed by atoms with van der Waals surface area (Å²) >= 11 is 0. The zero-order valence-corrected chi connectivity index (χ0v) is 16.0. The molecule has 0 radical (unpaired) electrons. The fraction of sp³-hybridized carbons (Fsp3) is 0.381. The van der Waals surface area contributed by atoms with Crippen LogP contribution in [0.3, 0.4) is 0 Å². The van der Waals surface area contributed by atoms with Gasteiger partial charge in [0.25, 0.3) is 0 Å². The molecule has 1 aromatic carbocycles. The van der Waals surface area contributed by atoms with Gasteiger partial charge in [0.15, 0.2) is 5.84 Å². The highest BCUT2D eigenvalue weighted by Crippen LogP contribution is 2.47. The van der Waals surface area contributed by atoms with Gasteiger partial charge in [0, 0.05) is 11.8 Å². The molecule has 5 rings (SSSR count). The Morgan fingerprint density at radius 1 is 1.21 bits per heavy atom. The second-order valence-electron chi connectivity index (χ2n) is 7.92. The van der Waals surface area contributed by atoms with Gasteiger partial charge in [0.1, 0.15) is 5.52 Å². The molecule has 2 aliphatic carbocycles. The van der Waals surface area contributed by atoms with Crippen molar-refractivity contribution in [2.45, 2.75) is 51.0 Å². The third-order valence-corrected chi connectivity index (χ3v) is 5.89. The van der Waals surface area contributed by atoms with E-state index in [4.69, 9.17) is 16.8 Å². The maximum atomic E-state index is 5.54. The minimum absolute atomic E-state index is 0.400. The number of hydrogen-bond acceptors (Lipinski definition) is 5. The Kier molecular flexibility index (Phi) is 4.05. The molecule has 28 heavy (non-hydrogen) atoms. The highest BCUT2D eigenvalue weighted by molar-refractivity contribution is 6.00. The second kappa shape index (κ2) is 6.60. The van der Waals surface area contributed by atoms with Crippen LogP contribution in [0.5, 0.6) is 0 Å². The third kappa shape index (κ3) is 2.92.